The molecule has 1 aliphatic heterocycles. The van der Waals surface area contributed by atoms with Gasteiger partial charge in [0.15, 0.2) is 16.6 Å². The predicted molar refractivity (Wildman–Crippen MR) is 134 cm³/mol. The lowest BCUT2D eigenvalue weighted by atomic mass is 9.94. The Kier molecular flexibility index (Phi) is 7.14. The summed E-state index contributed by atoms with van der Waals surface area (Å²) in [4.78, 5) is 6.74. The first-order valence-corrected chi connectivity index (χ1v) is 11.3. The van der Waals surface area contributed by atoms with Crippen LogP contribution in [-0.4, -0.2) is 54.6 Å². The van der Waals surface area contributed by atoms with E-state index < -0.39 is 0 Å². The molecule has 1 aliphatic rings. The molecule has 9 heteroatoms. The molecule has 34 heavy (non-hydrogen) atoms. The van der Waals surface area contributed by atoms with Crippen LogP contribution in [0.25, 0.3) is 17.0 Å². The molecule has 0 aliphatic carbocycles. The Morgan fingerprint density at radius 1 is 1.06 bits per heavy atom. The summed E-state index contributed by atoms with van der Waals surface area (Å²) < 4.78 is 22.0. The summed E-state index contributed by atoms with van der Waals surface area (Å²) in [5.41, 5.74) is 4.70. The number of thiocarbonyl (C=S) groups is 1. The SMILES string of the molecule is COCCN1C(=S)NC(c2ccc(OC)c(OC)c2)C(c2nc(-c3cccc(C)c3)no2)=C1C. The van der Waals surface area contributed by atoms with Crippen LogP contribution in [0.2, 0.25) is 0 Å². The summed E-state index contributed by atoms with van der Waals surface area (Å²) in [6.07, 6.45) is 0. The van der Waals surface area contributed by atoms with E-state index in [0.717, 1.165) is 28.0 Å². The molecular weight excluding hydrogens is 452 g/mol. The Morgan fingerprint density at radius 3 is 2.56 bits per heavy atom. The number of aromatic nitrogens is 2. The van der Waals surface area contributed by atoms with Crippen molar-refractivity contribution in [3.05, 3.63) is 65.2 Å². The lowest BCUT2D eigenvalue weighted by molar-refractivity contribution is 0.183. The quantitative estimate of drug-likeness (QED) is 0.473. The Morgan fingerprint density at radius 2 is 1.85 bits per heavy atom. The summed E-state index contributed by atoms with van der Waals surface area (Å²) in [5.74, 6) is 2.22. The summed E-state index contributed by atoms with van der Waals surface area (Å²) >= 11 is 5.71. The average Bonchev–Trinajstić information content (AvgIpc) is 3.33. The van der Waals surface area contributed by atoms with Gasteiger partial charge in [0.05, 0.1) is 32.4 Å². The molecule has 0 radical (unpaired) electrons. The predicted octanol–water partition coefficient (Wildman–Crippen LogP) is 4.37. The minimum absolute atomic E-state index is 0.322. The zero-order valence-corrected chi connectivity index (χ0v) is 20.7. The van der Waals surface area contributed by atoms with Gasteiger partial charge in [-0.3, -0.25) is 0 Å². The van der Waals surface area contributed by atoms with Crippen LogP contribution in [-0.2, 0) is 4.74 Å². The molecule has 1 unspecified atom stereocenters. The van der Waals surface area contributed by atoms with Gasteiger partial charge < -0.3 is 29.0 Å². The van der Waals surface area contributed by atoms with E-state index in [9.17, 15) is 0 Å². The number of rotatable bonds is 8. The van der Waals surface area contributed by atoms with Gasteiger partial charge in [0.1, 0.15) is 0 Å². The van der Waals surface area contributed by atoms with Crippen LogP contribution in [0, 0.1) is 6.92 Å². The van der Waals surface area contributed by atoms with Crippen LogP contribution in [0.4, 0.5) is 0 Å². The topological polar surface area (TPSA) is 81.9 Å². The van der Waals surface area contributed by atoms with Gasteiger partial charge in [-0.1, -0.05) is 35.0 Å². The first-order valence-electron chi connectivity index (χ1n) is 10.9. The van der Waals surface area contributed by atoms with Crippen molar-refractivity contribution in [1.29, 1.82) is 0 Å². The van der Waals surface area contributed by atoms with Crippen LogP contribution < -0.4 is 14.8 Å². The van der Waals surface area contributed by atoms with Gasteiger partial charge in [0.2, 0.25) is 5.82 Å². The van der Waals surface area contributed by atoms with E-state index in [1.165, 1.54) is 0 Å². The Labute approximate surface area is 204 Å². The monoisotopic (exact) mass is 480 g/mol. The van der Waals surface area contributed by atoms with E-state index in [4.69, 9.17) is 35.9 Å². The highest BCUT2D eigenvalue weighted by Gasteiger charge is 2.34. The van der Waals surface area contributed by atoms with Crippen molar-refractivity contribution in [2.24, 2.45) is 0 Å². The van der Waals surface area contributed by atoms with Crippen LogP contribution in [0.3, 0.4) is 0 Å². The van der Waals surface area contributed by atoms with Crippen molar-refractivity contribution in [3.63, 3.8) is 0 Å². The van der Waals surface area contributed by atoms with E-state index in [2.05, 4.69) is 10.5 Å². The molecule has 0 spiro atoms. The van der Waals surface area contributed by atoms with E-state index in [-0.39, 0.29) is 6.04 Å². The van der Waals surface area contributed by atoms with Gasteiger partial charge in [-0.15, -0.1) is 0 Å². The van der Waals surface area contributed by atoms with Crippen molar-refractivity contribution in [2.45, 2.75) is 19.9 Å². The van der Waals surface area contributed by atoms with Crippen molar-refractivity contribution in [2.75, 3.05) is 34.5 Å². The van der Waals surface area contributed by atoms with Crippen molar-refractivity contribution in [3.8, 4) is 22.9 Å². The van der Waals surface area contributed by atoms with Crippen LogP contribution >= 0.6 is 12.2 Å². The molecule has 1 aromatic heterocycles. The average molecular weight is 481 g/mol. The second-order valence-corrected chi connectivity index (χ2v) is 8.32. The van der Waals surface area contributed by atoms with Crippen LogP contribution in [0.5, 0.6) is 11.5 Å². The number of benzene rings is 2. The minimum atomic E-state index is -0.322. The largest absolute Gasteiger partial charge is 0.493 e. The summed E-state index contributed by atoms with van der Waals surface area (Å²) in [7, 11) is 4.89. The minimum Gasteiger partial charge on any atom is -0.493 e. The molecule has 4 rings (SSSR count). The molecule has 2 heterocycles. The van der Waals surface area contributed by atoms with Gasteiger partial charge in [-0.25, -0.2) is 0 Å². The van der Waals surface area contributed by atoms with Gasteiger partial charge in [-0.2, -0.15) is 4.98 Å². The zero-order chi connectivity index (χ0) is 24.2. The third-order valence-electron chi connectivity index (χ3n) is 5.79. The van der Waals surface area contributed by atoms with Gasteiger partial charge in [0, 0.05) is 24.9 Å². The normalized spacial score (nSPS) is 16.0. The molecule has 178 valence electrons. The molecule has 0 saturated carbocycles. The third-order valence-corrected chi connectivity index (χ3v) is 6.13. The lowest BCUT2D eigenvalue weighted by Crippen LogP contribution is -2.47. The molecule has 0 saturated heterocycles. The first kappa shape index (κ1) is 23.7. The molecule has 2 aromatic carbocycles. The van der Waals surface area contributed by atoms with Crippen molar-refractivity contribution in [1.82, 2.24) is 20.4 Å². The number of allylic oxidation sites excluding steroid dienone is 1. The second-order valence-electron chi connectivity index (χ2n) is 7.93. The number of hydrogen-bond acceptors (Lipinski definition) is 7. The maximum absolute atomic E-state index is 5.79. The summed E-state index contributed by atoms with van der Waals surface area (Å²) in [5, 5.41) is 8.30. The third kappa shape index (κ3) is 4.62. The Hall–Kier alpha value is -3.43. The highest BCUT2D eigenvalue weighted by Crippen LogP contribution is 2.40. The number of hydrogen-bond donors (Lipinski definition) is 1. The van der Waals surface area contributed by atoms with Gasteiger partial charge >= 0.3 is 0 Å². The van der Waals surface area contributed by atoms with E-state index in [0.29, 0.717) is 41.5 Å². The standard InChI is InChI=1S/C25H28N4O4S/c1-15-7-6-8-18(13-15)23-27-24(33-28-23)21-16(2)29(11-12-30-3)25(34)26-22(21)17-9-10-19(31-4)20(14-17)32-5/h6-10,13-14,22H,11-12H2,1-5H3,(H,26,34). The maximum atomic E-state index is 5.79. The smallest absolute Gasteiger partial charge is 0.258 e. The van der Waals surface area contributed by atoms with E-state index >= 15 is 0 Å². The van der Waals surface area contributed by atoms with Gasteiger partial charge in [-0.05, 0) is 49.8 Å². The molecule has 0 amide bonds. The zero-order valence-electron chi connectivity index (χ0n) is 19.9. The maximum Gasteiger partial charge on any atom is 0.258 e. The molecule has 1 atom stereocenters. The second kappa shape index (κ2) is 10.2. The fourth-order valence-corrected chi connectivity index (χ4v) is 4.37. The number of nitrogens with zero attached hydrogens (tertiary/aromatic N) is 3. The molecule has 8 nitrogen and oxygen atoms in total. The lowest BCUT2D eigenvalue weighted by Gasteiger charge is -2.37. The summed E-state index contributed by atoms with van der Waals surface area (Å²) in [6.45, 7) is 5.15. The Bertz CT molecular complexity index is 1220. The van der Waals surface area contributed by atoms with Crippen LogP contribution in [0.1, 0.15) is 30.0 Å². The molecule has 1 N–H and O–H groups in total. The highest BCUT2D eigenvalue weighted by molar-refractivity contribution is 7.80. The highest BCUT2D eigenvalue weighted by atomic mass is 32.1. The van der Waals surface area contributed by atoms with Crippen molar-refractivity contribution >= 4 is 22.9 Å². The van der Waals surface area contributed by atoms with Gasteiger partial charge in [0.25, 0.3) is 5.89 Å². The molecular formula is C25H28N4O4S. The summed E-state index contributed by atoms with van der Waals surface area (Å²) in [6, 6.07) is 13.4. The number of nitrogens with one attached hydrogen (secondary N) is 1. The molecule has 3 aromatic rings. The molecule has 0 bridgehead atoms. The van der Waals surface area contributed by atoms with Crippen molar-refractivity contribution < 1.29 is 18.7 Å². The Balaban J connectivity index is 1.82. The number of aryl methyl sites for hydroxylation is 1. The fourth-order valence-electron chi connectivity index (χ4n) is 4.03. The molecule has 0 fully saturated rings. The van der Waals surface area contributed by atoms with E-state index in [1.807, 2.05) is 61.2 Å². The van der Waals surface area contributed by atoms with E-state index in [1.54, 1.807) is 21.3 Å². The fraction of sp³-hybridized carbons (Fsp3) is 0.320. The first-order chi connectivity index (χ1) is 16.5. The number of methoxy groups -OCH3 is 3. The number of ether oxygens (including phenoxy) is 3. The van der Waals surface area contributed by atoms with Crippen LogP contribution in [0.15, 0.2) is 52.7 Å².